The number of carbonyl (C=O) groups excluding carboxylic acids is 1. The van der Waals surface area contributed by atoms with E-state index in [-0.39, 0.29) is 12.3 Å². The molecule has 0 spiro atoms. The lowest BCUT2D eigenvalue weighted by Gasteiger charge is -2.21. The van der Waals surface area contributed by atoms with Crippen molar-refractivity contribution < 1.29 is 28.2 Å². The summed E-state index contributed by atoms with van der Waals surface area (Å²) in [6.45, 7) is -0.707. The van der Waals surface area contributed by atoms with Crippen LogP contribution in [0.3, 0.4) is 0 Å². The average Bonchev–Trinajstić information content (AvgIpc) is 3.07. The van der Waals surface area contributed by atoms with Crippen molar-refractivity contribution in [1.29, 1.82) is 0 Å². The number of carboxylic acid groups (broad SMARTS) is 1. The molecule has 1 amide bonds. The summed E-state index contributed by atoms with van der Waals surface area (Å²) in [4.78, 5) is 23.9. The van der Waals surface area contributed by atoms with Gasteiger partial charge in [0.1, 0.15) is 11.8 Å². The number of carboxylic acids is 1. The highest BCUT2D eigenvalue weighted by Crippen LogP contribution is 2.28. The van der Waals surface area contributed by atoms with Gasteiger partial charge in [0.25, 0.3) is 0 Å². The zero-order valence-electron chi connectivity index (χ0n) is 14.4. The normalized spacial score (nSPS) is 20.8. The smallest absolute Gasteiger partial charge is 0.387 e. The zero-order chi connectivity index (χ0) is 19.1. The molecule has 0 radical (unpaired) electrons. The van der Waals surface area contributed by atoms with Crippen LogP contribution in [0.5, 0.6) is 5.75 Å². The first-order chi connectivity index (χ1) is 12.4. The molecule has 26 heavy (non-hydrogen) atoms. The summed E-state index contributed by atoms with van der Waals surface area (Å²) in [5.74, 6) is -2.07. The third kappa shape index (κ3) is 5.37. The predicted molar refractivity (Wildman–Crippen MR) is 89.5 cm³/mol. The van der Waals surface area contributed by atoms with Gasteiger partial charge in [0.05, 0.1) is 12.0 Å². The second-order valence-electron chi connectivity index (χ2n) is 6.10. The van der Waals surface area contributed by atoms with Gasteiger partial charge in [-0.1, -0.05) is 31.9 Å². The molecule has 1 aliphatic heterocycles. The first-order valence-electron chi connectivity index (χ1n) is 8.48. The van der Waals surface area contributed by atoms with Crippen molar-refractivity contribution in [3.8, 4) is 5.75 Å². The van der Waals surface area contributed by atoms with Gasteiger partial charge in [0.15, 0.2) is 0 Å². The number of ether oxygens (including phenoxy) is 1. The number of hydrogen-bond acceptors (Lipinski definition) is 5. The summed E-state index contributed by atoms with van der Waals surface area (Å²) in [7, 11) is 0. The van der Waals surface area contributed by atoms with Crippen LogP contribution < -0.4 is 20.9 Å². The molecule has 3 atom stereocenters. The molecule has 144 valence electrons. The third-order valence-corrected chi connectivity index (χ3v) is 4.22. The Bertz CT molecular complexity index is 630. The summed E-state index contributed by atoms with van der Waals surface area (Å²) < 4.78 is 29.2. The quantitative estimate of drug-likeness (QED) is 0.528. The Morgan fingerprint density at radius 1 is 1.42 bits per heavy atom. The van der Waals surface area contributed by atoms with Crippen molar-refractivity contribution in [2.24, 2.45) is 5.92 Å². The molecule has 1 aromatic carbocycles. The average molecular weight is 371 g/mol. The molecule has 1 saturated heterocycles. The van der Waals surface area contributed by atoms with Gasteiger partial charge in [-0.2, -0.15) is 8.78 Å². The lowest BCUT2D eigenvalue weighted by molar-refractivity contribution is -0.142. The van der Waals surface area contributed by atoms with Crippen LogP contribution in [0.2, 0.25) is 0 Å². The molecule has 1 aromatic rings. The van der Waals surface area contributed by atoms with Crippen LogP contribution in [0.4, 0.5) is 8.78 Å². The van der Waals surface area contributed by atoms with Crippen LogP contribution in [0.25, 0.3) is 0 Å². The fourth-order valence-corrected chi connectivity index (χ4v) is 2.89. The van der Waals surface area contributed by atoms with Crippen LogP contribution in [0.15, 0.2) is 24.3 Å². The second-order valence-corrected chi connectivity index (χ2v) is 6.10. The van der Waals surface area contributed by atoms with Crippen molar-refractivity contribution in [3.63, 3.8) is 0 Å². The number of benzene rings is 1. The summed E-state index contributed by atoms with van der Waals surface area (Å²) in [5.41, 5.74) is 6.38. The van der Waals surface area contributed by atoms with E-state index < -0.39 is 36.5 Å². The summed E-state index contributed by atoms with van der Waals surface area (Å²) in [6, 6.07) is 4.65. The highest BCUT2D eigenvalue weighted by Gasteiger charge is 2.35. The summed E-state index contributed by atoms with van der Waals surface area (Å²) in [6.07, 6.45) is 1.87. The Kier molecular flexibility index (Phi) is 7.28. The van der Waals surface area contributed by atoms with Gasteiger partial charge in [-0.15, -0.1) is 0 Å². The molecular weight excluding hydrogens is 348 g/mol. The molecule has 0 bridgehead atoms. The van der Waals surface area contributed by atoms with E-state index in [0.29, 0.717) is 18.4 Å². The molecule has 3 unspecified atom stereocenters. The number of carbonyl (C=O) groups is 2. The van der Waals surface area contributed by atoms with Crippen LogP contribution in [0.1, 0.15) is 37.8 Å². The largest absolute Gasteiger partial charge is 0.480 e. The molecule has 0 saturated carbocycles. The van der Waals surface area contributed by atoms with E-state index in [1.54, 1.807) is 12.1 Å². The monoisotopic (exact) mass is 371 g/mol. The number of hydrogen-bond donors (Lipinski definition) is 4. The van der Waals surface area contributed by atoms with Crippen molar-refractivity contribution >= 4 is 11.9 Å². The highest BCUT2D eigenvalue weighted by atomic mass is 19.3. The summed E-state index contributed by atoms with van der Waals surface area (Å²) in [5, 5.41) is 11.8. The van der Waals surface area contributed by atoms with Crippen LogP contribution in [0, 0.1) is 5.92 Å². The summed E-state index contributed by atoms with van der Waals surface area (Å²) >= 11 is 0. The van der Waals surface area contributed by atoms with Gasteiger partial charge in [-0.05, 0) is 24.1 Å². The van der Waals surface area contributed by atoms with E-state index in [0.717, 1.165) is 6.42 Å². The van der Waals surface area contributed by atoms with Crippen molar-refractivity contribution in [2.45, 2.75) is 44.9 Å². The fraction of sp³-hybridized carbons (Fsp3) is 0.529. The number of hydrazine groups is 1. The van der Waals surface area contributed by atoms with E-state index in [1.165, 1.54) is 12.1 Å². The molecule has 0 aliphatic carbocycles. The molecule has 4 N–H and O–H groups in total. The van der Waals surface area contributed by atoms with E-state index in [2.05, 4.69) is 20.9 Å². The van der Waals surface area contributed by atoms with Gasteiger partial charge in [0, 0.05) is 6.54 Å². The molecule has 1 fully saturated rings. The first-order valence-corrected chi connectivity index (χ1v) is 8.48. The van der Waals surface area contributed by atoms with Crippen molar-refractivity contribution in [1.82, 2.24) is 16.2 Å². The third-order valence-electron chi connectivity index (χ3n) is 4.22. The van der Waals surface area contributed by atoms with E-state index in [4.69, 9.17) is 0 Å². The molecule has 9 heteroatoms. The van der Waals surface area contributed by atoms with Gasteiger partial charge in [0.2, 0.25) is 5.91 Å². The van der Waals surface area contributed by atoms with E-state index >= 15 is 0 Å². The number of aliphatic carboxylic acids is 1. The maximum Gasteiger partial charge on any atom is 0.387 e. The van der Waals surface area contributed by atoms with Gasteiger partial charge < -0.3 is 15.2 Å². The molecule has 1 aliphatic rings. The lowest BCUT2D eigenvalue weighted by Crippen LogP contribution is -2.45. The lowest BCUT2D eigenvalue weighted by atomic mass is 9.93. The fourth-order valence-electron chi connectivity index (χ4n) is 2.89. The number of alkyl halides is 2. The predicted octanol–water partition coefficient (Wildman–Crippen LogP) is 1.81. The standard InChI is InChI=1S/C17H23F2N3O4/c1-2-3-7-13(16(24)25)21-15(23)12-9-20-22-14(12)10-5-4-6-11(8-10)26-17(18)19/h4-6,8,12-14,17,20,22H,2-3,7,9H2,1H3,(H,21,23)(H,24,25). The Balaban J connectivity index is 2.09. The Morgan fingerprint density at radius 3 is 2.85 bits per heavy atom. The van der Waals surface area contributed by atoms with Crippen LogP contribution in [-0.4, -0.2) is 36.2 Å². The van der Waals surface area contributed by atoms with Gasteiger partial charge in [-0.25, -0.2) is 10.2 Å². The topological polar surface area (TPSA) is 99.7 Å². The number of nitrogens with one attached hydrogen (secondary N) is 3. The van der Waals surface area contributed by atoms with E-state index in [1.807, 2.05) is 6.92 Å². The molecule has 7 nitrogen and oxygen atoms in total. The minimum absolute atomic E-state index is 0.00304. The highest BCUT2D eigenvalue weighted by molar-refractivity contribution is 5.85. The Hall–Kier alpha value is -2.26. The van der Waals surface area contributed by atoms with Crippen LogP contribution >= 0.6 is 0 Å². The van der Waals surface area contributed by atoms with Crippen molar-refractivity contribution in [3.05, 3.63) is 29.8 Å². The minimum atomic E-state index is -2.94. The number of amides is 1. The zero-order valence-corrected chi connectivity index (χ0v) is 14.4. The van der Waals surface area contributed by atoms with Crippen LogP contribution in [-0.2, 0) is 9.59 Å². The second kappa shape index (κ2) is 9.44. The van der Waals surface area contributed by atoms with Crippen molar-refractivity contribution in [2.75, 3.05) is 6.54 Å². The molecular formula is C17H23F2N3O4. The number of rotatable bonds is 9. The van der Waals surface area contributed by atoms with E-state index in [9.17, 15) is 23.5 Å². The maximum atomic E-state index is 12.6. The number of halogens is 2. The first kappa shape index (κ1) is 20.1. The maximum absolute atomic E-state index is 12.6. The Labute approximate surface area is 150 Å². The molecule has 0 aromatic heterocycles. The molecule has 1 heterocycles. The van der Waals surface area contributed by atoms with Gasteiger partial charge in [-0.3, -0.25) is 10.2 Å². The Morgan fingerprint density at radius 2 is 2.19 bits per heavy atom. The SMILES string of the molecule is CCCCC(NC(=O)C1CNNC1c1cccc(OC(F)F)c1)C(=O)O. The molecule has 2 rings (SSSR count). The van der Waals surface area contributed by atoms with Gasteiger partial charge >= 0.3 is 12.6 Å². The number of unbranched alkanes of at least 4 members (excludes halogenated alkanes) is 1. The minimum Gasteiger partial charge on any atom is -0.480 e.